The van der Waals surface area contributed by atoms with E-state index in [1.54, 1.807) is 14.2 Å². The number of ether oxygens (including phenoxy) is 8. The van der Waals surface area contributed by atoms with Crippen molar-refractivity contribution in [3.05, 3.63) is 205 Å². The van der Waals surface area contributed by atoms with Crippen molar-refractivity contribution in [1.82, 2.24) is 0 Å². The lowest BCUT2D eigenvalue weighted by atomic mass is 10.1. The van der Waals surface area contributed by atoms with Crippen LogP contribution >= 0.6 is 0 Å². The van der Waals surface area contributed by atoms with Crippen LogP contribution in [0.1, 0.15) is 107 Å². The molecule has 8 aromatic carbocycles. The number of nitrogens with zero attached hydrogens (tertiary/aromatic N) is 6. The van der Waals surface area contributed by atoms with Gasteiger partial charge in [0.05, 0.1) is 88.0 Å². The lowest BCUT2D eigenvalue weighted by Crippen LogP contribution is -2.01. The lowest BCUT2D eigenvalue weighted by Gasteiger charge is -2.08. The van der Waals surface area contributed by atoms with Crippen LogP contribution in [-0.2, 0) is 0 Å². The smallest absolute Gasteiger partial charge is 0.121 e. The molecule has 87 heavy (non-hydrogen) atoms. The second-order valence-electron chi connectivity index (χ2n) is 20.8. The third kappa shape index (κ3) is 25.1. The van der Waals surface area contributed by atoms with Gasteiger partial charge < -0.3 is 37.9 Å². The van der Waals surface area contributed by atoms with Gasteiger partial charge in [-0.1, -0.05) is 63.5 Å². The van der Waals surface area contributed by atoms with E-state index < -0.39 is 0 Å². The molecule has 0 aromatic heterocycles. The van der Waals surface area contributed by atoms with E-state index in [2.05, 4.69) is 20.5 Å². The molecule has 0 atom stereocenters. The van der Waals surface area contributed by atoms with Gasteiger partial charge in [-0.05, 0) is 226 Å². The van der Waals surface area contributed by atoms with E-state index in [4.69, 9.17) is 47.9 Å². The lowest BCUT2D eigenvalue weighted by molar-refractivity contribution is 0.279. The topological polar surface area (TPSA) is 148 Å². The number of unbranched alkanes of at least 4 members (excludes halogenated alkanes) is 12. The summed E-state index contributed by atoms with van der Waals surface area (Å²) in [4.78, 5) is 9.40. The Morgan fingerprint density at radius 3 is 0.770 bits per heavy atom. The van der Waals surface area contributed by atoms with Crippen molar-refractivity contribution >= 4 is 46.6 Å². The average molecular weight is 1170 g/mol. The first-order valence-corrected chi connectivity index (χ1v) is 30.6. The zero-order chi connectivity index (χ0) is 60.0. The van der Waals surface area contributed by atoms with Gasteiger partial charge in [0, 0.05) is 24.6 Å². The fourth-order valence-corrected chi connectivity index (χ4v) is 9.00. The molecular weight excluding hydrogens is 1090 g/mol. The summed E-state index contributed by atoms with van der Waals surface area (Å²) in [7, 11) is 3.29. The third-order valence-corrected chi connectivity index (χ3v) is 14.0. The second kappa shape index (κ2) is 37.9. The number of methoxy groups -OCH3 is 2. The molecule has 0 aliphatic rings. The van der Waals surface area contributed by atoms with Crippen LogP contribution in [0.2, 0.25) is 0 Å². The monoisotopic (exact) mass is 1170 g/mol. The second-order valence-corrected chi connectivity index (χ2v) is 20.8. The van der Waals surface area contributed by atoms with Gasteiger partial charge in [0.2, 0.25) is 0 Å². The Bertz CT molecular complexity index is 3080. The molecule has 8 aromatic rings. The van der Waals surface area contributed by atoms with Gasteiger partial charge in [0.1, 0.15) is 46.0 Å². The van der Waals surface area contributed by atoms with E-state index in [0.717, 1.165) is 162 Å². The number of rotatable bonds is 40. The van der Waals surface area contributed by atoms with Crippen molar-refractivity contribution in [3.63, 3.8) is 0 Å². The van der Waals surface area contributed by atoms with Gasteiger partial charge in [-0.15, -0.1) is 0 Å². The van der Waals surface area contributed by atoms with Crippen LogP contribution in [0.15, 0.2) is 225 Å². The molecule has 0 saturated carbocycles. The van der Waals surface area contributed by atoms with E-state index in [9.17, 15) is 0 Å². The molecule has 0 saturated heterocycles. The Kier molecular flexibility index (Phi) is 27.8. The van der Waals surface area contributed by atoms with E-state index >= 15 is 0 Å². The molecule has 0 radical (unpaired) electrons. The molecule has 0 amide bonds. The van der Waals surface area contributed by atoms with Crippen molar-refractivity contribution in [2.24, 2.45) is 30.4 Å². The first kappa shape index (κ1) is 63.7. The zero-order valence-electron chi connectivity index (χ0n) is 50.4. The minimum atomic E-state index is 0.627. The van der Waals surface area contributed by atoms with Gasteiger partial charge in [0.15, 0.2) is 0 Å². The predicted molar refractivity (Wildman–Crippen MR) is 350 cm³/mol. The molecule has 452 valence electrons. The molecule has 0 aliphatic carbocycles. The van der Waals surface area contributed by atoms with Crippen molar-refractivity contribution in [2.75, 3.05) is 53.9 Å². The van der Waals surface area contributed by atoms with Crippen LogP contribution in [-0.4, -0.2) is 66.3 Å². The molecular formula is C73H82N6O8. The molecule has 0 spiro atoms. The van der Waals surface area contributed by atoms with Gasteiger partial charge in [-0.2, -0.15) is 20.5 Å². The summed E-state index contributed by atoms with van der Waals surface area (Å²) in [6.45, 7) is 4.07. The molecule has 0 aliphatic heterocycles. The van der Waals surface area contributed by atoms with E-state index in [1.165, 1.54) is 25.7 Å². The summed E-state index contributed by atoms with van der Waals surface area (Å²) in [6, 6.07) is 62.3. The van der Waals surface area contributed by atoms with E-state index in [-0.39, 0.29) is 0 Å². The maximum Gasteiger partial charge on any atom is 0.121 e. The summed E-state index contributed by atoms with van der Waals surface area (Å²) >= 11 is 0. The summed E-state index contributed by atoms with van der Waals surface area (Å²) in [6.07, 6.45) is 20.0. The van der Waals surface area contributed by atoms with Crippen molar-refractivity contribution < 1.29 is 37.9 Å². The Balaban J connectivity index is 0.593. The standard InChI is InChI=1S/C73H82N6O8/c1-80-66-40-28-60(29-41-66)76-78-62-32-44-70(45-33-62)84-50-14-9-5-3-7-12-48-82-68-36-24-58(25-37-68)56-74-64-20-18-22-72(54-64)86-52-16-11-17-53-87-73-23-19-21-65(55-73)75-57-59-26-38-69(39-27-59)83-49-13-8-4-6-10-15-51-85-71-46-34-63(35-47-71)79-77-61-30-42-67(81-2)43-31-61/h18-47,54-57H,3-17,48-53H2,1-2H3. The molecule has 14 heteroatoms. The minimum absolute atomic E-state index is 0.627. The summed E-state index contributed by atoms with van der Waals surface area (Å²) in [5.74, 6) is 6.64. The average Bonchev–Trinajstić information content (AvgIpc) is 3.66. The highest BCUT2D eigenvalue weighted by molar-refractivity contribution is 5.83. The fourth-order valence-electron chi connectivity index (χ4n) is 9.00. The highest BCUT2D eigenvalue weighted by Crippen LogP contribution is 2.27. The molecule has 8 rings (SSSR count). The Morgan fingerprint density at radius 2 is 0.483 bits per heavy atom. The quantitative estimate of drug-likeness (QED) is 0.0209. The van der Waals surface area contributed by atoms with Gasteiger partial charge in [0.25, 0.3) is 0 Å². The zero-order valence-corrected chi connectivity index (χ0v) is 50.4. The van der Waals surface area contributed by atoms with Crippen LogP contribution in [0, 0.1) is 0 Å². The molecule has 0 fully saturated rings. The highest BCUT2D eigenvalue weighted by Gasteiger charge is 2.04. The number of hydrogen-bond acceptors (Lipinski definition) is 14. The number of azo groups is 2. The SMILES string of the molecule is COc1ccc(N=Nc2ccc(OCCCCCCCCOc3ccc(C=Nc4cccc(OCCCCCOc5cccc(N=Cc6ccc(OCCCCCCCCOc7ccc(N=Nc8ccc(OC)cc8)cc7)cc6)c5)c4)cc3)cc2)cc1. The van der Waals surface area contributed by atoms with Crippen LogP contribution in [0.3, 0.4) is 0 Å². The van der Waals surface area contributed by atoms with Gasteiger partial charge >= 0.3 is 0 Å². The van der Waals surface area contributed by atoms with Crippen molar-refractivity contribution in [3.8, 4) is 46.0 Å². The number of benzene rings is 8. The summed E-state index contributed by atoms with van der Waals surface area (Å²) in [5.41, 5.74) is 6.80. The Hall–Kier alpha value is -9.30. The van der Waals surface area contributed by atoms with Crippen LogP contribution in [0.25, 0.3) is 0 Å². The summed E-state index contributed by atoms with van der Waals surface area (Å²) < 4.78 is 46.5. The molecule has 0 bridgehead atoms. The van der Waals surface area contributed by atoms with Crippen LogP contribution in [0.4, 0.5) is 34.1 Å². The van der Waals surface area contributed by atoms with Crippen LogP contribution < -0.4 is 37.9 Å². The molecule has 14 nitrogen and oxygen atoms in total. The Labute approximate surface area is 514 Å². The maximum absolute atomic E-state index is 6.08. The van der Waals surface area contributed by atoms with Crippen molar-refractivity contribution in [1.29, 1.82) is 0 Å². The van der Waals surface area contributed by atoms with E-state index in [1.807, 2.05) is 207 Å². The minimum Gasteiger partial charge on any atom is -0.497 e. The third-order valence-electron chi connectivity index (χ3n) is 14.0. The Morgan fingerprint density at radius 1 is 0.241 bits per heavy atom. The first-order valence-electron chi connectivity index (χ1n) is 30.6. The molecule has 0 unspecified atom stereocenters. The first-order chi connectivity index (χ1) is 43.0. The summed E-state index contributed by atoms with van der Waals surface area (Å²) in [5, 5.41) is 17.2. The van der Waals surface area contributed by atoms with Gasteiger partial charge in [-0.3, -0.25) is 9.98 Å². The largest absolute Gasteiger partial charge is 0.497 e. The normalized spacial score (nSPS) is 11.4. The van der Waals surface area contributed by atoms with Gasteiger partial charge in [-0.25, -0.2) is 0 Å². The maximum atomic E-state index is 6.08. The predicted octanol–water partition coefficient (Wildman–Crippen LogP) is 20.3. The fraction of sp³-hybridized carbons (Fsp3) is 0.315. The number of aliphatic imine (C=N–C) groups is 2. The highest BCUT2D eigenvalue weighted by atomic mass is 16.5. The number of hydrogen-bond donors (Lipinski definition) is 0. The van der Waals surface area contributed by atoms with E-state index in [0.29, 0.717) is 39.6 Å². The molecule has 0 heterocycles. The van der Waals surface area contributed by atoms with Crippen LogP contribution in [0.5, 0.6) is 46.0 Å². The van der Waals surface area contributed by atoms with Crippen molar-refractivity contribution in [2.45, 2.75) is 96.3 Å². The molecule has 0 N–H and O–H groups in total.